The Morgan fingerprint density at radius 2 is 1.58 bits per heavy atom. The van der Waals surface area contributed by atoms with Gasteiger partial charge < -0.3 is 15.5 Å². The first-order valence-corrected chi connectivity index (χ1v) is 7.87. The molecule has 128 valence electrons. The zero-order valence-electron chi connectivity index (χ0n) is 13.8. The molecule has 0 heterocycles. The first-order valence-electron chi connectivity index (χ1n) is 7.87. The normalized spacial score (nSPS) is 10.3. The van der Waals surface area contributed by atoms with Crippen LogP contribution in [0.1, 0.15) is 13.8 Å². The van der Waals surface area contributed by atoms with Gasteiger partial charge in [-0.25, -0.2) is 8.78 Å². The van der Waals surface area contributed by atoms with Crippen molar-refractivity contribution in [3.63, 3.8) is 0 Å². The molecule has 0 aliphatic rings. The van der Waals surface area contributed by atoms with Crippen LogP contribution in [0.3, 0.4) is 0 Å². The van der Waals surface area contributed by atoms with E-state index < -0.39 is 11.6 Å². The SMILES string of the molecule is CCN(CC)c1ccc(NCC(=O)Nc2ccc(F)c(F)c2)cc1. The molecule has 6 heteroatoms. The molecule has 0 bridgehead atoms. The maximum Gasteiger partial charge on any atom is 0.243 e. The molecular weight excluding hydrogens is 312 g/mol. The molecule has 2 aromatic carbocycles. The third kappa shape index (κ3) is 4.68. The van der Waals surface area contributed by atoms with E-state index in [2.05, 4.69) is 29.4 Å². The quantitative estimate of drug-likeness (QED) is 0.809. The standard InChI is InChI=1S/C18H21F2N3O/c1-3-23(4-2)15-8-5-13(6-9-15)21-12-18(24)22-14-7-10-16(19)17(20)11-14/h5-11,21H,3-4,12H2,1-2H3,(H,22,24). The summed E-state index contributed by atoms with van der Waals surface area (Å²) < 4.78 is 25.9. The molecule has 0 aliphatic carbocycles. The van der Waals surface area contributed by atoms with Crippen LogP contribution < -0.4 is 15.5 Å². The summed E-state index contributed by atoms with van der Waals surface area (Å²) in [5.74, 6) is -2.28. The molecule has 0 aliphatic heterocycles. The van der Waals surface area contributed by atoms with Gasteiger partial charge in [-0.2, -0.15) is 0 Å². The summed E-state index contributed by atoms with van der Waals surface area (Å²) in [4.78, 5) is 14.1. The van der Waals surface area contributed by atoms with Crippen molar-refractivity contribution in [2.75, 3.05) is 35.2 Å². The van der Waals surface area contributed by atoms with Crippen molar-refractivity contribution in [1.82, 2.24) is 0 Å². The van der Waals surface area contributed by atoms with Crippen molar-refractivity contribution < 1.29 is 13.6 Å². The molecule has 0 aromatic heterocycles. The lowest BCUT2D eigenvalue weighted by Gasteiger charge is -2.21. The van der Waals surface area contributed by atoms with Crippen molar-refractivity contribution in [3.05, 3.63) is 54.1 Å². The Kier molecular flexibility index (Phi) is 6.12. The van der Waals surface area contributed by atoms with Crippen LogP contribution in [0.25, 0.3) is 0 Å². The number of benzene rings is 2. The van der Waals surface area contributed by atoms with Crippen LogP contribution in [0.4, 0.5) is 25.8 Å². The van der Waals surface area contributed by atoms with Crippen LogP contribution in [0.5, 0.6) is 0 Å². The van der Waals surface area contributed by atoms with E-state index >= 15 is 0 Å². The van der Waals surface area contributed by atoms with Gasteiger partial charge in [-0.1, -0.05) is 0 Å². The molecular formula is C18H21F2N3O. The highest BCUT2D eigenvalue weighted by atomic mass is 19.2. The van der Waals surface area contributed by atoms with Gasteiger partial charge in [0.1, 0.15) is 0 Å². The first kappa shape index (κ1) is 17.7. The lowest BCUT2D eigenvalue weighted by Crippen LogP contribution is -2.22. The molecule has 0 saturated heterocycles. The highest BCUT2D eigenvalue weighted by molar-refractivity contribution is 5.93. The highest BCUT2D eigenvalue weighted by Crippen LogP contribution is 2.17. The van der Waals surface area contributed by atoms with Crippen LogP contribution >= 0.6 is 0 Å². The molecule has 1 amide bonds. The molecule has 2 rings (SSSR count). The molecule has 0 unspecified atom stereocenters. The Bertz CT molecular complexity index is 685. The lowest BCUT2D eigenvalue weighted by atomic mass is 10.2. The van der Waals surface area contributed by atoms with Crippen molar-refractivity contribution in [3.8, 4) is 0 Å². The predicted octanol–water partition coefficient (Wildman–Crippen LogP) is 3.86. The fraction of sp³-hybridized carbons (Fsp3) is 0.278. The number of hydrogen-bond donors (Lipinski definition) is 2. The van der Waals surface area contributed by atoms with E-state index in [4.69, 9.17) is 0 Å². The molecule has 2 N–H and O–H groups in total. The minimum atomic E-state index is -0.993. The fourth-order valence-electron chi connectivity index (χ4n) is 2.34. The average molecular weight is 333 g/mol. The molecule has 4 nitrogen and oxygen atoms in total. The van der Waals surface area contributed by atoms with Crippen molar-refractivity contribution >= 4 is 23.0 Å². The van der Waals surface area contributed by atoms with Crippen molar-refractivity contribution in [1.29, 1.82) is 0 Å². The summed E-state index contributed by atoms with van der Waals surface area (Å²) in [7, 11) is 0. The van der Waals surface area contributed by atoms with Gasteiger partial charge in [-0.15, -0.1) is 0 Å². The average Bonchev–Trinajstić information content (AvgIpc) is 2.58. The number of hydrogen-bond acceptors (Lipinski definition) is 3. The van der Waals surface area contributed by atoms with Crippen LogP contribution in [0.2, 0.25) is 0 Å². The molecule has 0 radical (unpaired) electrons. The minimum absolute atomic E-state index is 0.0314. The number of rotatable bonds is 7. The van der Waals surface area contributed by atoms with Crippen LogP contribution in [0, 0.1) is 11.6 Å². The lowest BCUT2D eigenvalue weighted by molar-refractivity contribution is -0.114. The Morgan fingerprint density at radius 3 is 2.17 bits per heavy atom. The third-order valence-electron chi connectivity index (χ3n) is 3.65. The fourth-order valence-corrected chi connectivity index (χ4v) is 2.34. The molecule has 0 atom stereocenters. The third-order valence-corrected chi connectivity index (χ3v) is 3.65. The van der Waals surface area contributed by atoms with E-state index in [0.29, 0.717) is 0 Å². The Hall–Kier alpha value is -2.63. The van der Waals surface area contributed by atoms with Crippen molar-refractivity contribution in [2.45, 2.75) is 13.8 Å². The summed E-state index contributed by atoms with van der Waals surface area (Å²) in [5, 5.41) is 5.51. The van der Waals surface area contributed by atoms with E-state index in [1.54, 1.807) is 0 Å². The molecule has 0 spiro atoms. The molecule has 24 heavy (non-hydrogen) atoms. The second kappa shape index (κ2) is 8.29. The summed E-state index contributed by atoms with van der Waals surface area (Å²) in [6, 6.07) is 11.0. The number of anilines is 3. The molecule has 0 saturated carbocycles. The van der Waals surface area contributed by atoms with Gasteiger partial charge >= 0.3 is 0 Å². The summed E-state index contributed by atoms with van der Waals surface area (Å²) in [6.45, 7) is 6.08. The number of carbonyl (C=O) groups is 1. The van der Waals surface area contributed by atoms with Crippen LogP contribution in [-0.2, 0) is 4.79 Å². The van der Waals surface area contributed by atoms with Gasteiger partial charge in [0.05, 0.1) is 6.54 Å². The maximum absolute atomic E-state index is 13.1. The summed E-state index contributed by atoms with van der Waals surface area (Å²) in [6.07, 6.45) is 0. The van der Waals surface area contributed by atoms with E-state index in [9.17, 15) is 13.6 Å². The van der Waals surface area contributed by atoms with Crippen molar-refractivity contribution in [2.24, 2.45) is 0 Å². The summed E-state index contributed by atoms with van der Waals surface area (Å²) >= 11 is 0. The number of halogens is 2. The molecule has 2 aromatic rings. The van der Waals surface area contributed by atoms with Crippen LogP contribution in [0.15, 0.2) is 42.5 Å². The number of nitrogens with zero attached hydrogens (tertiary/aromatic N) is 1. The number of carbonyl (C=O) groups excluding carboxylic acids is 1. The van der Waals surface area contributed by atoms with Crippen LogP contribution in [-0.4, -0.2) is 25.5 Å². The Labute approximate surface area is 140 Å². The summed E-state index contributed by atoms with van der Waals surface area (Å²) in [5.41, 5.74) is 2.15. The van der Waals surface area contributed by atoms with Gasteiger partial charge in [-0.3, -0.25) is 4.79 Å². The van der Waals surface area contributed by atoms with E-state index in [1.807, 2.05) is 24.3 Å². The highest BCUT2D eigenvalue weighted by Gasteiger charge is 2.07. The smallest absolute Gasteiger partial charge is 0.243 e. The van der Waals surface area contributed by atoms with Gasteiger partial charge in [-0.05, 0) is 50.2 Å². The topological polar surface area (TPSA) is 44.4 Å². The zero-order valence-corrected chi connectivity index (χ0v) is 13.8. The van der Waals surface area contributed by atoms with Gasteiger partial charge in [0, 0.05) is 36.2 Å². The Morgan fingerprint density at radius 1 is 0.958 bits per heavy atom. The second-order valence-electron chi connectivity index (χ2n) is 5.25. The predicted molar refractivity (Wildman–Crippen MR) is 93.5 cm³/mol. The van der Waals surface area contributed by atoms with Gasteiger partial charge in [0.15, 0.2) is 11.6 Å². The Balaban J connectivity index is 1.88. The van der Waals surface area contributed by atoms with Gasteiger partial charge in [0.2, 0.25) is 5.91 Å². The number of nitrogens with one attached hydrogen (secondary N) is 2. The monoisotopic (exact) mass is 333 g/mol. The maximum atomic E-state index is 13.1. The first-order chi connectivity index (χ1) is 11.5. The molecule has 0 fully saturated rings. The zero-order chi connectivity index (χ0) is 17.5. The largest absolute Gasteiger partial charge is 0.376 e. The number of amides is 1. The second-order valence-corrected chi connectivity index (χ2v) is 5.25. The van der Waals surface area contributed by atoms with Gasteiger partial charge in [0.25, 0.3) is 0 Å². The van der Waals surface area contributed by atoms with E-state index in [1.165, 1.54) is 6.07 Å². The minimum Gasteiger partial charge on any atom is -0.376 e. The van der Waals surface area contributed by atoms with E-state index in [-0.39, 0.29) is 18.1 Å². The van der Waals surface area contributed by atoms with E-state index in [0.717, 1.165) is 36.6 Å².